The molecule has 0 bridgehead atoms. The van der Waals surface area contributed by atoms with Crippen LogP contribution < -0.4 is 5.32 Å². The van der Waals surface area contributed by atoms with Crippen molar-refractivity contribution in [1.29, 1.82) is 0 Å². The third-order valence-electron chi connectivity index (χ3n) is 3.15. The molecule has 0 spiro atoms. The number of hydrogen-bond acceptors (Lipinski definition) is 6. The lowest BCUT2D eigenvalue weighted by atomic mass is 10.1. The van der Waals surface area contributed by atoms with Gasteiger partial charge in [-0.15, -0.1) is 0 Å². The van der Waals surface area contributed by atoms with E-state index in [1.165, 1.54) is 0 Å². The summed E-state index contributed by atoms with van der Waals surface area (Å²) >= 11 is 0. The van der Waals surface area contributed by atoms with Gasteiger partial charge in [0.1, 0.15) is 11.6 Å². The molecule has 7 heteroatoms. The lowest BCUT2D eigenvalue weighted by Gasteiger charge is -2.26. The van der Waals surface area contributed by atoms with Crippen LogP contribution in [0, 0.1) is 0 Å². The predicted molar refractivity (Wildman–Crippen MR) is 83.8 cm³/mol. The third kappa shape index (κ3) is 5.26. The van der Waals surface area contributed by atoms with Crippen LogP contribution in [0.1, 0.15) is 45.5 Å². The van der Waals surface area contributed by atoms with Crippen LogP contribution in [0.15, 0.2) is 30.3 Å². The van der Waals surface area contributed by atoms with Crippen molar-refractivity contribution in [3.05, 3.63) is 35.9 Å². The van der Waals surface area contributed by atoms with Gasteiger partial charge in [0.25, 0.3) is 6.29 Å². The molecule has 0 aromatic heterocycles. The fraction of sp³-hybridized carbons (Fsp3) is 0.471. The van der Waals surface area contributed by atoms with E-state index in [4.69, 9.17) is 14.2 Å². The first-order valence-electron chi connectivity index (χ1n) is 7.69. The number of alkyl carbamates (subject to hydrolysis) is 1. The standard InChI is InChI=1S/C17H21NO6/c1-17(2,3)24-16(21)18-12-9-10-13(19)22-15(23-14(12)20)11-7-5-4-6-8-11/h4-8,12,15H,9-10H2,1-3H3,(H,18,21)/t12-,15?/m0/s1. The Balaban J connectivity index is 2.08. The Morgan fingerprint density at radius 2 is 1.83 bits per heavy atom. The van der Waals surface area contributed by atoms with Crippen LogP contribution in [0.5, 0.6) is 0 Å². The van der Waals surface area contributed by atoms with Gasteiger partial charge in [-0.05, 0) is 27.2 Å². The summed E-state index contributed by atoms with van der Waals surface area (Å²) < 4.78 is 15.5. The number of amides is 1. The number of rotatable bonds is 2. The summed E-state index contributed by atoms with van der Waals surface area (Å²) in [5.41, 5.74) is -0.154. The zero-order valence-corrected chi connectivity index (χ0v) is 13.9. The molecule has 1 aliphatic heterocycles. The van der Waals surface area contributed by atoms with E-state index in [0.717, 1.165) is 0 Å². The fourth-order valence-electron chi connectivity index (χ4n) is 2.10. The normalized spacial score (nSPS) is 21.8. The number of carbonyl (C=O) groups excluding carboxylic acids is 3. The van der Waals surface area contributed by atoms with Crippen molar-refractivity contribution < 1.29 is 28.6 Å². The number of cyclic esters (lactones) is 2. The van der Waals surface area contributed by atoms with Gasteiger partial charge in [0, 0.05) is 12.0 Å². The van der Waals surface area contributed by atoms with Crippen molar-refractivity contribution in [2.75, 3.05) is 0 Å². The summed E-state index contributed by atoms with van der Waals surface area (Å²) in [5, 5.41) is 2.44. The van der Waals surface area contributed by atoms with Crippen molar-refractivity contribution in [2.45, 2.75) is 51.5 Å². The van der Waals surface area contributed by atoms with E-state index in [2.05, 4.69) is 5.32 Å². The summed E-state index contributed by atoms with van der Waals surface area (Å²) in [6.45, 7) is 5.14. The molecule has 7 nitrogen and oxygen atoms in total. The maximum atomic E-state index is 12.3. The van der Waals surface area contributed by atoms with Crippen LogP contribution in [0.2, 0.25) is 0 Å². The van der Waals surface area contributed by atoms with E-state index < -0.39 is 36.0 Å². The van der Waals surface area contributed by atoms with Crippen molar-refractivity contribution in [2.24, 2.45) is 0 Å². The molecule has 1 fully saturated rings. The van der Waals surface area contributed by atoms with Crippen LogP contribution in [-0.4, -0.2) is 29.7 Å². The van der Waals surface area contributed by atoms with Crippen molar-refractivity contribution in [3.8, 4) is 0 Å². The van der Waals surface area contributed by atoms with Crippen LogP contribution in [-0.2, 0) is 23.8 Å². The number of carbonyl (C=O) groups is 3. The third-order valence-corrected chi connectivity index (χ3v) is 3.15. The van der Waals surface area contributed by atoms with E-state index in [9.17, 15) is 14.4 Å². The molecule has 1 saturated heterocycles. The molecule has 0 radical (unpaired) electrons. The van der Waals surface area contributed by atoms with Gasteiger partial charge in [-0.25, -0.2) is 9.59 Å². The Morgan fingerprint density at radius 1 is 1.17 bits per heavy atom. The van der Waals surface area contributed by atoms with E-state index in [1.807, 2.05) is 0 Å². The first kappa shape index (κ1) is 17.8. The quantitative estimate of drug-likeness (QED) is 0.835. The lowest BCUT2D eigenvalue weighted by molar-refractivity contribution is -0.195. The number of nitrogens with one attached hydrogen (secondary N) is 1. The van der Waals surface area contributed by atoms with Gasteiger partial charge >= 0.3 is 18.0 Å². The second-order valence-corrected chi connectivity index (χ2v) is 6.41. The molecular formula is C17H21NO6. The summed E-state index contributed by atoms with van der Waals surface area (Å²) in [7, 11) is 0. The summed E-state index contributed by atoms with van der Waals surface area (Å²) in [5.74, 6) is -1.19. The van der Waals surface area contributed by atoms with E-state index in [-0.39, 0.29) is 12.8 Å². The number of benzene rings is 1. The molecule has 1 aromatic carbocycles. The fourth-order valence-corrected chi connectivity index (χ4v) is 2.10. The largest absolute Gasteiger partial charge is 0.444 e. The minimum absolute atomic E-state index is 0.0150. The number of esters is 2. The molecule has 1 N–H and O–H groups in total. The first-order valence-corrected chi connectivity index (χ1v) is 7.69. The molecule has 0 saturated carbocycles. The molecule has 24 heavy (non-hydrogen) atoms. The van der Waals surface area contributed by atoms with E-state index in [0.29, 0.717) is 5.56 Å². The highest BCUT2D eigenvalue weighted by Gasteiger charge is 2.32. The van der Waals surface area contributed by atoms with Crippen molar-refractivity contribution in [3.63, 3.8) is 0 Å². The minimum Gasteiger partial charge on any atom is -0.444 e. The Morgan fingerprint density at radius 3 is 2.46 bits per heavy atom. The zero-order valence-electron chi connectivity index (χ0n) is 13.9. The molecule has 1 aromatic rings. The SMILES string of the molecule is CC(C)(C)OC(=O)N[C@H]1CCC(=O)OC(c2ccccc2)OC1=O. The van der Waals surface area contributed by atoms with Crippen LogP contribution >= 0.6 is 0 Å². The van der Waals surface area contributed by atoms with Gasteiger partial charge < -0.3 is 19.5 Å². The van der Waals surface area contributed by atoms with Gasteiger partial charge in [0.05, 0.1) is 0 Å². The molecule has 1 amide bonds. The highest BCUT2D eigenvalue weighted by Crippen LogP contribution is 2.23. The Bertz CT molecular complexity index is 607. The molecule has 1 unspecified atom stereocenters. The van der Waals surface area contributed by atoms with E-state index >= 15 is 0 Å². The molecule has 1 aliphatic rings. The first-order chi connectivity index (χ1) is 11.2. The maximum absolute atomic E-state index is 12.3. The molecule has 0 aliphatic carbocycles. The summed E-state index contributed by atoms with van der Waals surface area (Å²) in [6, 6.07) is 7.67. The van der Waals surface area contributed by atoms with Crippen LogP contribution in [0.25, 0.3) is 0 Å². The van der Waals surface area contributed by atoms with E-state index in [1.54, 1.807) is 51.1 Å². The van der Waals surface area contributed by atoms with Gasteiger partial charge in [-0.2, -0.15) is 0 Å². The van der Waals surface area contributed by atoms with Crippen LogP contribution in [0.4, 0.5) is 4.79 Å². The zero-order chi connectivity index (χ0) is 17.7. The molecule has 130 valence electrons. The molecule has 1 heterocycles. The summed E-state index contributed by atoms with van der Waals surface area (Å²) in [4.78, 5) is 36.0. The second-order valence-electron chi connectivity index (χ2n) is 6.41. The van der Waals surface area contributed by atoms with Crippen molar-refractivity contribution >= 4 is 18.0 Å². The Hall–Kier alpha value is -2.57. The Labute approximate surface area is 140 Å². The Kier molecular flexibility index (Phi) is 5.43. The van der Waals surface area contributed by atoms with Gasteiger partial charge in [0.15, 0.2) is 0 Å². The average Bonchev–Trinajstić information content (AvgIpc) is 2.48. The van der Waals surface area contributed by atoms with Crippen LogP contribution in [0.3, 0.4) is 0 Å². The average molecular weight is 335 g/mol. The topological polar surface area (TPSA) is 90.9 Å². The van der Waals surface area contributed by atoms with Gasteiger partial charge in [-0.1, -0.05) is 30.3 Å². The van der Waals surface area contributed by atoms with Gasteiger partial charge in [0.2, 0.25) is 0 Å². The molecule has 2 rings (SSSR count). The smallest absolute Gasteiger partial charge is 0.408 e. The minimum atomic E-state index is -1.13. The monoisotopic (exact) mass is 335 g/mol. The van der Waals surface area contributed by atoms with Gasteiger partial charge in [-0.3, -0.25) is 4.79 Å². The lowest BCUT2D eigenvalue weighted by Crippen LogP contribution is -2.45. The summed E-state index contributed by atoms with van der Waals surface area (Å²) in [6.07, 6.45) is -1.80. The number of hydrogen-bond donors (Lipinski definition) is 1. The van der Waals surface area contributed by atoms with Crippen molar-refractivity contribution in [1.82, 2.24) is 5.32 Å². The highest BCUT2D eigenvalue weighted by atomic mass is 16.7. The highest BCUT2D eigenvalue weighted by molar-refractivity contribution is 5.83. The second kappa shape index (κ2) is 7.33. The maximum Gasteiger partial charge on any atom is 0.408 e. The molecule has 2 atom stereocenters. The predicted octanol–water partition coefficient (Wildman–Crippen LogP) is 2.46. The molecular weight excluding hydrogens is 314 g/mol. The number of ether oxygens (including phenoxy) is 3.